The van der Waals surface area contributed by atoms with E-state index < -0.39 is 101 Å². The SMILES string of the molecule is CC[C@@]1(O)C(=O)OCc2c1cc1n(c2=O)Cc2c-1nc1cc(F)c(C)c3c1c2[C@@H](NC(=O)CCCNC(=O)CCC(=O)[C@H](Cc1ccccc1)NC(=O)CCC(=O)CNC(=O)[C@H](CC(=O)O)CC(=O)CCCCCN1C(=O)C=CC1=O)CC3. The number of aliphatic carboxylic acids is 1. The van der Waals surface area contributed by atoms with Crippen molar-refractivity contribution in [1.29, 1.82) is 0 Å². The van der Waals surface area contributed by atoms with Crippen molar-refractivity contribution in [2.45, 2.75) is 147 Å². The fourth-order valence-corrected chi connectivity index (χ4v) is 11.2. The average Bonchev–Trinajstić information content (AvgIpc) is 1.88. The van der Waals surface area contributed by atoms with Crippen molar-refractivity contribution < 1.29 is 72.1 Å². The van der Waals surface area contributed by atoms with Crippen LogP contribution in [0, 0.1) is 18.7 Å². The van der Waals surface area contributed by atoms with Crippen LogP contribution in [0.1, 0.15) is 142 Å². The Hall–Kier alpha value is -8.60. The number of nitrogens with zero attached hydrogens (tertiary/aromatic N) is 3. The summed E-state index contributed by atoms with van der Waals surface area (Å²) in [6.07, 6.45) is 2.60. The third kappa shape index (κ3) is 14.0. The number of esters is 1. The van der Waals surface area contributed by atoms with E-state index in [1.807, 2.05) is 0 Å². The van der Waals surface area contributed by atoms with E-state index in [0.29, 0.717) is 76.6 Å². The first-order valence-electron chi connectivity index (χ1n) is 28.0. The summed E-state index contributed by atoms with van der Waals surface area (Å²) in [5.74, 6) is -8.40. The number of aromatic nitrogens is 2. The van der Waals surface area contributed by atoms with Crippen LogP contribution < -0.4 is 26.8 Å². The van der Waals surface area contributed by atoms with Gasteiger partial charge < -0.3 is 40.8 Å². The molecule has 22 nitrogen and oxygen atoms in total. The maximum absolute atomic E-state index is 15.4. The summed E-state index contributed by atoms with van der Waals surface area (Å²) >= 11 is 0. The molecule has 0 saturated carbocycles. The number of aliphatic hydroxyl groups is 1. The zero-order chi connectivity index (χ0) is 59.7. The lowest BCUT2D eigenvalue weighted by Gasteiger charge is -2.31. The molecular formula is C60H66FN7O15. The van der Waals surface area contributed by atoms with Crippen LogP contribution in [0.3, 0.4) is 0 Å². The molecule has 0 unspecified atom stereocenters. The normalized spacial score (nSPS) is 17.2. The molecule has 1 aliphatic carbocycles. The lowest BCUT2D eigenvalue weighted by Crippen LogP contribution is -2.44. The number of fused-ring (bicyclic) bond motifs is 5. The van der Waals surface area contributed by atoms with Crippen molar-refractivity contribution in [2.24, 2.45) is 5.92 Å². The number of imide groups is 1. The van der Waals surface area contributed by atoms with Gasteiger partial charge in [0.05, 0.1) is 60.0 Å². The number of aryl methyl sites for hydroxylation is 1. The number of carbonyl (C=O) groups excluding carboxylic acids is 10. The number of hydrogen-bond donors (Lipinski definition) is 6. The Bertz CT molecular complexity index is 3390. The number of amides is 6. The Labute approximate surface area is 476 Å². The van der Waals surface area contributed by atoms with Crippen molar-refractivity contribution in [1.82, 2.24) is 35.7 Å². The molecule has 5 heterocycles. The molecule has 8 rings (SSSR count). The van der Waals surface area contributed by atoms with Crippen LogP contribution in [-0.4, -0.2) is 115 Å². The lowest BCUT2D eigenvalue weighted by molar-refractivity contribution is -0.172. The van der Waals surface area contributed by atoms with Gasteiger partial charge in [0.25, 0.3) is 17.4 Å². The van der Waals surface area contributed by atoms with E-state index in [4.69, 9.17) is 9.72 Å². The molecule has 0 radical (unpaired) electrons. The standard InChI is InChI=1S/C60H66FN7O15/c1-3-60(82)41-28-46-56-39(31-68(46)58(80)40(41)32-83-59(60)81)55-43(17-16-38-33(2)42(61)29-45(66-56)54(38)55)64-49(73)14-10-23-62-48(72)20-18-47(71)44(25-34-11-6-4-7-12-34)65-50(74)19-15-37(70)30-63-57(79)35(27-53(77)78)26-36(69)13-8-5-9-24-67-51(75)21-22-52(67)76/h4,6-7,11-12,21-22,28-29,35,43-44,82H,3,5,8-10,13-20,23-27,30-32H2,1-2H3,(H,62,72)(H,63,79)(H,64,73)(H,65,74)(H,77,78)/t35-,43-,44-,60-/m0/s1. The number of carboxylic acids is 1. The Kier molecular flexibility index (Phi) is 19.3. The van der Waals surface area contributed by atoms with E-state index in [0.717, 1.165) is 10.5 Å². The number of cyclic esters (lactones) is 1. The number of ketones is 3. The van der Waals surface area contributed by atoms with Gasteiger partial charge in [-0.25, -0.2) is 14.2 Å². The van der Waals surface area contributed by atoms with Crippen molar-refractivity contribution in [3.63, 3.8) is 0 Å². The van der Waals surface area contributed by atoms with Gasteiger partial charge in [-0.2, -0.15) is 0 Å². The Morgan fingerprint density at radius 3 is 2.28 bits per heavy atom. The van der Waals surface area contributed by atoms with Crippen LogP contribution in [0.4, 0.5) is 4.39 Å². The van der Waals surface area contributed by atoms with Crippen LogP contribution in [-0.2, 0) is 89.1 Å². The van der Waals surface area contributed by atoms with Gasteiger partial charge in [-0.1, -0.05) is 43.7 Å². The lowest BCUT2D eigenvalue weighted by atomic mass is 9.81. The van der Waals surface area contributed by atoms with Crippen LogP contribution in [0.2, 0.25) is 0 Å². The van der Waals surface area contributed by atoms with Gasteiger partial charge in [0.1, 0.15) is 18.2 Å². The molecule has 0 spiro atoms. The van der Waals surface area contributed by atoms with Gasteiger partial charge in [0, 0.05) is 92.8 Å². The molecule has 23 heteroatoms. The fourth-order valence-electron chi connectivity index (χ4n) is 11.2. The number of pyridine rings is 2. The molecular weight excluding hydrogens is 1080 g/mol. The first-order valence-corrected chi connectivity index (χ1v) is 28.0. The minimum absolute atomic E-state index is 0.00112. The van der Waals surface area contributed by atoms with Gasteiger partial charge in [-0.05, 0) is 80.2 Å². The Morgan fingerprint density at radius 1 is 0.819 bits per heavy atom. The topological polar surface area (TPSA) is 324 Å². The molecule has 0 bridgehead atoms. The van der Waals surface area contributed by atoms with Gasteiger partial charge in [-0.15, -0.1) is 0 Å². The van der Waals surface area contributed by atoms with Crippen molar-refractivity contribution >= 4 is 75.6 Å². The first kappa shape index (κ1) is 60.5. The summed E-state index contributed by atoms with van der Waals surface area (Å²) in [6.45, 7) is 2.78. The summed E-state index contributed by atoms with van der Waals surface area (Å²) in [5, 5.41) is 32.4. The highest BCUT2D eigenvalue weighted by Crippen LogP contribution is 2.46. The van der Waals surface area contributed by atoms with Crippen LogP contribution in [0.25, 0.3) is 22.3 Å². The number of nitrogens with one attached hydrogen (secondary N) is 4. The molecule has 4 aromatic rings. The van der Waals surface area contributed by atoms with E-state index in [9.17, 15) is 67.7 Å². The van der Waals surface area contributed by atoms with Gasteiger partial charge in [0.15, 0.2) is 17.2 Å². The number of rotatable bonds is 29. The summed E-state index contributed by atoms with van der Waals surface area (Å²) in [4.78, 5) is 160. The number of carbonyl (C=O) groups is 11. The zero-order valence-electron chi connectivity index (χ0n) is 46.2. The number of hydrogen-bond acceptors (Lipinski definition) is 15. The summed E-state index contributed by atoms with van der Waals surface area (Å²) in [6, 6.07) is 10.1. The van der Waals surface area contributed by atoms with Gasteiger partial charge in [-0.3, -0.25) is 57.6 Å². The van der Waals surface area contributed by atoms with E-state index >= 15 is 4.39 Å². The van der Waals surface area contributed by atoms with Crippen LogP contribution >= 0.6 is 0 Å². The number of Topliss-reactive ketones (excluding diaryl/α,β-unsaturated/α-hetero) is 3. The van der Waals surface area contributed by atoms with Gasteiger partial charge >= 0.3 is 11.9 Å². The predicted octanol–water partition coefficient (Wildman–Crippen LogP) is 3.60. The first-order chi connectivity index (χ1) is 39.7. The smallest absolute Gasteiger partial charge is 0.343 e. The molecule has 4 aliphatic rings. The second kappa shape index (κ2) is 26.5. The number of carboxylic acid groups (broad SMARTS) is 1. The van der Waals surface area contributed by atoms with E-state index in [-0.39, 0.29) is 113 Å². The number of benzene rings is 2. The van der Waals surface area contributed by atoms with Crippen LogP contribution in [0.15, 0.2) is 59.4 Å². The molecule has 2 aromatic carbocycles. The summed E-state index contributed by atoms with van der Waals surface area (Å²) in [7, 11) is 0. The summed E-state index contributed by atoms with van der Waals surface area (Å²) in [5.41, 5.74) is 2.07. The molecule has 6 N–H and O–H groups in total. The maximum atomic E-state index is 15.4. The molecule has 2 aromatic heterocycles. The monoisotopic (exact) mass is 1140 g/mol. The number of unbranched alkanes of at least 4 members (excludes halogenated alkanes) is 2. The molecule has 83 heavy (non-hydrogen) atoms. The second-order valence-corrected chi connectivity index (χ2v) is 21.5. The zero-order valence-corrected chi connectivity index (χ0v) is 46.2. The largest absolute Gasteiger partial charge is 0.481 e. The van der Waals surface area contributed by atoms with E-state index in [1.165, 1.54) is 22.8 Å². The average molecular weight is 1140 g/mol. The third-order valence-corrected chi connectivity index (χ3v) is 15.8. The minimum atomic E-state index is -2.05. The van der Waals surface area contributed by atoms with Crippen molar-refractivity contribution in [3.05, 3.63) is 110 Å². The number of ether oxygens (including phenoxy) is 1. The molecule has 0 fully saturated rings. The molecule has 438 valence electrons. The highest BCUT2D eigenvalue weighted by molar-refractivity contribution is 6.12. The van der Waals surface area contributed by atoms with Crippen LogP contribution in [0.5, 0.6) is 0 Å². The maximum Gasteiger partial charge on any atom is 0.343 e. The van der Waals surface area contributed by atoms with Gasteiger partial charge in [0.2, 0.25) is 23.6 Å². The van der Waals surface area contributed by atoms with E-state index in [1.54, 1.807) is 50.2 Å². The summed E-state index contributed by atoms with van der Waals surface area (Å²) < 4.78 is 22.1. The number of halogens is 1. The predicted molar refractivity (Wildman–Crippen MR) is 294 cm³/mol. The quantitative estimate of drug-likeness (QED) is 0.0226. The molecule has 6 amide bonds. The Morgan fingerprint density at radius 2 is 1.55 bits per heavy atom. The molecule has 4 atom stereocenters. The minimum Gasteiger partial charge on any atom is -0.481 e. The van der Waals surface area contributed by atoms with Crippen molar-refractivity contribution in [2.75, 3.05) is 19.6 Å². The Balaban J connectivity index is 0.794. The molecule has 0 saturated heterocycles. The van der Waals surface area contributed by atoms with E-state index in [2.05, 4.69) is 21.3 Å². The third-order valence-electron chi connectivity index (χ3n) is 15.8. The highest BCUT2D eigenvalue weighted by atomic mass is 19.1. The van der Waals surface area contributed by atoms with Crippen molar-refractivity contribution in [3.8, 4) is 11.4 Å². The molecule has 3 aliphatic heterocycles. The highest BCUT2D eigenvalue weighted by Gasteiger charge is 2.46. The second-order valence-electron chi connectivity index (χ2n) is 21.5. The fraction of sp³-hybridized carbons (Fsp3) is 0.450.